The first-order valence-electron chi connectivity index (χ1n) is 6.94. The lowest BCUT2D eigenvalue weighted by atomic mass is 10.1. The lowest BCUT2D eigenvalue weighted by Gasteiger charge is -2.01. The third kappa shape index (κ3) is 2.52. The molecule has 1 aliphatic heterocycles. The van der Waals surface area contributed by atoms with Gasteiger partial charge in [0.15, 0.2) is 5.11 Å². The number of amides is 1. The number of rotatable bonds is 2. The van der Waals surface area contributed by atoms with Crippen molar-refractivity contribution in [2.75, 3.05) is 0 Å². The molecule has 1 amide bonds. The van der Waals surface area contributed by atoms with Crippen LogP contribution in [-0.4, -0.2) is 21.0 Å². The number of nitrogens with zero attached hydrogens (tertiary/aromatic N) is 2. The molecule has 1 fully saturated rings. The Labute approximate surface area is 140 Å². The maximum absolute atomic E-state index is 13.0. The van der Waals surface area contributed by atoms with E-state index < -0.39 is 5.95 Å². The van der Waals surface area contributed by atoms with E-state index in [0.29, 0.717) is 28.2 Å². The monoisotopic (exact) mass is 340 g/mol. The van der Waals surface area contributed by atoms with E-state index in [1.807, 2.05) is 0 Å². The number of thiocarbonyl (C=S) groups is 1. The molecule has 0 atom stereocenters. The van der Waals surface area contributed by atoms with Crippen molar-refractivity contribution in [1.29, 1.82) is 0 Å². The second-order valence-electron chi connectivity index (χ2n) is 5.09. The zero-order valence-corrected chi connectivity index (χ0v) is 12.9. The molecule has 1 saturated heterocycles. The van der Waals surface area contributed by atoms with Crippen LogP contribution < -0.4 is 10.6 Å². The predicted molar refractivity (Wildman–Crippen MR) is 89.1 cm³/mol. The van der Waals surface area contributed by atoms with E-state index in [0.717, 1.165) is 5.39 Å². The Morgan fingerprint density at radius 1 is 1.21 bits per heavy atom. The summed E-state index contributed by atoms with van der Waals surface area (Å²) in [5, 5.41) is 6.24. The average molecular weight is 340 g/mol. The maximum atomic E-state index is 13.0. The first-order chi connectivity index (χ1) is 11.6. The molecule has 0 bridgehead atoms. The first kappa shape index (κ1) is 14.5. The fourth-order valence-electron chi connectivity index (χ4n) is 2.42. The third-order valence-electron chi connectivity index (χ3n) is 3.49. The summed E-state index contributed by atoms with van der Waals surface area (Å²) in [5.74, 6) is -0.406. The molecule has 0 aromatic carbocycles. The van der Waals surface area contributed by atoms with Crippen molar-refractivity contribution in [3.63, 3.8) is 0 Å². The minimum absolute atomic E-state index is 0.252. The summed E-state index contributed by atoms with van der Waals surface area (Å²) in [4.78, 5) is 19.5. The quantitative estimate of drug-likeness (QED) is 0.424. The highest BCUT2D eigenvalue weighted by Crippen LogP contribution is 2.30. The van der Waals surface area contributed by atoms with Gasteiger partial charge in [-0.05, 0) is 30.4 Å². The predicted octanol–water partition coefficient (Wildman–Crippen LogP) is 2.37. The van der Waals surface area contributed by atoms with Gasteiger partial charge in [-0.25, -0.2) is 4.98 Å². The third-order valence-corrected chi connectivity index (χ3v) is 3.69. The molecular weight excluding hydrogens is 331 g/mol. The summed E-state index contributed by atoms with van der Waals surface area (Å²) in [7, 11) is 0. The van der Waals surface area contributed by atoms with Gasteiger partial charge in [0, 0.05) is 41.2 Å². The van der Waals surface area contributed by atoms with Crippen LogP contribution >= 0.6 is 12.2 Å². The van der Waals surface area contributed by atoms with E-state index in [1.54, 1.807) is 30.6 Å². The molecule has 1 aliphatic rings. The molecule has 0 saturated carbocycles. The Kier molecular flexibility index (Phi) is 3.31. The van der Waals surface area contributed by atoms with E-state index in [9.17, 15) is 9.18 Å². The number of hydrogen-bond donors (Lipinski definition) is 2. The van der Waals surface area contributed by atoms with Crippen LogP contribution in [0.5, 0.6) is 0 Å². The van der Waals surface area contributed by atoms with Gasteiger partial charge in [0.25, 0.3) is 5.91 Å². The maximum Gasteiger partial charge on any atom is 0.274 e. The van der Waals surface area contributed by atoms with Crippen LogP contribution in [-0.2, 0) is 4.79 Å². The van der Waals surface area contributed by atoms with Crippen molar-refractivity contribution in [3.8, 4) is 11.1 Å². The number of pyridine rings is 2. The molecule has 4 heterocycles. The summed E-state index contributed by atoms with van der Waals surface area (Å²) in [6.07, 6.45) is 6.24. The normalized spacial score (nSPS) is 15.8. The van der Waals surface area contributed by atoms with E-state index in [1.165, 1.54) is 12.3 Å². The summed E-state index contributed by atoms with van der Waals surface area (Å²) in [6, 6.07) is 4.63. The zero-order chi connectivity index (χ0) is 16.7. The van der Waals surface area contributed by atoms with E-state index in [4.69, 9.17) is 16.6 Å². The molecule has 3 aromatic rings. The average Bonchev–Trinajstić information content (AvgIpc) is 3.10. The van der Waals surface area contributed by atoms with Crippen molar-refractivity contribution >= 4 is 40.3 Å². The number of hydrogen-bond acceptors (Lipinski definition) is 5. The van der Waals surface area contributed by atoms with Crippen LogP contribution in [0.2, 0.25) is 0 Å². The number of aromatic nitrogens is 2. The first-order valence-corrected chi connectivity index (χ1v) is 7.34. The smallest absolute Gasteiger partial charge is 0.274 e. The van der Waals surface area contributed by atoms with Crippen LogP contribution in [0.3, 0.4) is 0 Å². The topological polar surface area (TPSA) is 80.0 Å². The summed E-state index contributed by atoms with van der Waals surface area (Å²) in [6.45, 7) is 0. The van der Waals surface area contributed by atoms with E-state index >= 15 is 0 Å². The fraction of sp³-hybridized carbons (Fsp3) is 0. The van der Waals surface area contributed by atoms with E-state index in [-0.39, 0.29) is 11.0 Å². The number of carbonyl (C=O) groups is 1. The van der Waals surface area contributed by atoms with E-state index in [2.05, 4.69) is 20.6 Å². The Bertz CT molecular complexity index is 1010. The molecular formula is C16H9FN4O2S. The Morgan fingerprint density at radius 3 is 2.79 bits per heavy atom. The second kappa shape index (κ2) is 5.50. The highest BCUT2D eigenvalue weighted by Gasteiger charge is 2.21. The molecule has 8 heteroatoms. The lowest BCUT2D eigenvalue weighted by Crippen LogP contribution is -2.21. The van der Waals surface area contributed by atoms with Gasteiger partial charge >= 0.3 is 0 Å². The van der Waals surface area contributed by atoms with Gasteiger partial charge in [0.1, 0.15) is 17.0 Å². The fourth-order valence-corrected chi connectivity index (χ4v) is 2.62. The molecule has 0 spiro atoms. The summed E-state index contributed by atoms with van der Waals surface area (Å²) < 4.78 is 18.8. The minimum Gasteiger partial charge on any atom is -0.456 e. The number of halogens is 1. The van der Waals surface area contributed by atoms with Crippen LogP contribution in [0.15, 0.2) is 46.9 Å². The molecule has 2 N–H and O–H groups in total. The number of furan rings is 1. The van der Waals surface area contributed by atoms with Gasteiger partial charge < -0.3 is 9.73 Å². The molecule has 4 rings (SSSR count). The van der Waals surface area contributed by atoms with Gasteiger partial charge in [-0.15, -0.1) is 0 Å². The van der Waals surface area contributed by atoms with Gasteiger partial charge in [-0.1, -0.05) is 0 Å². The lowest BCUT2D eigenvalue weighted by molar-refractivity contribution is -0.115. The standard InChI is InChI=1S/C16H9FN4O2S/c17-13-2-1-8(6-19-13)11-7-18-5-9-3-10(23-14(9)11)4-12-15(22)21-16(24)20-12/h1-7H,(H2,20,21,22,24)/b12-4-. The van der Waals surface area contributed by atoms with Gasteiger partial charge in [0.2, 0.25) is 5.95 Å². The Morgan fingerprint density at radius 2 is 2.08 bits per heavy atom. The summed E-state index contributed by atoms with van der Waals surface area (Å²) >= 11 is 4.89. The minimum atomic E-state index is -0.557. The molecule has 0 aliphatic carbocycles. The van der Waals surface area contributed by atoms with Gasteiger partial charge in [-0.2, -0.15) is 4.39 Å². The molecule has 0 unspecified atom stereocenters. The molecule has 118 valence electrons. The Hall–Kier alpha value is -3.13. The highest BCUT2D eigenvalue weighted by atomic mass is 32.1. The van der Waals surface area contributed by atoms with Crippen LogP contribution in [0.25, 0.3) is 28.2 Å². The number of carbonyl (C=O) groups excluding carboxylic acids is 1. The second-order valence-corrected chi connectivity index (χ2v) is 5.50. The molecule has 6 nitrogen and oxygen atoms in total. The largest absolute Gasteiger partial charge is 0.456 e. The van der Waals surface area contributed by atoms with Crippen molar-refractivity contribution in [2.24, 2.45) is 0 Å². The summed E-state index contributed by atoms with van der Waals surface area (Å²) in [5.41, 5.74) is 2.24. The van der Waals surface area contributed by atoms with Crippen molar-refractivity contribution in [3.05, 3.63) is 54.2 Å². The molecule has 24 heavy (non-hydrogen) atoms. The van der Waals surface area contributed by atoms with Gasteiger partial charge in [-0.3, -0.25) is 15.1 Å². The van der Waals surface area contributed by atoms with Crippen molar-refractivity contribution < 1.29 is 13.6 Å². The van der Waals surface area contributed by atoms with Gasteiger partial charge in [0.05, 0.1) is 0 Å². The van der Waals surface area contributed by atoms with Crippen molar-refractivity contribution in [1.82, 2.24) is 20.6 Å². The Balaban J connectivity index is 1.80. The SMILES string of the molecule is O=C1NC(=S)N/C1=C\c1cc2cncc(-c3ccc(F)nc3)c2o1. The van der Waals surface area contributed by atoms with Crippen molar-refractivity contribution in [2.45, 2.75) is 0 Å². The number of fused-ring (bicyclic) bond motifs is 1. The zero-order valence-electron chi connectivity index (χ0n) is 12.0. The molecule has 3 aromatic heterocycles. The molecule has 0 radical (unpaired) electrons. The van der Waals surface area contributed by atoms with Crippen LogP contribution in [0.4, 0.5) is 4.39 Å². The van der Waals surface area contributed by atoms with Crippen LogP contribution in [0.1, 0.15) is 5.76 Å². The van der Waals surface area contributed by atoms with Crippen LogP contribution in [0, 0.1) is 5.95 Å². The number of nitrogens with one attached hydrogen (secondary N) is 2. The highest BCUT2D eigenvalue weighted by molar-refractivity contribution is 7.80.